The van der Waals surface area contributed by atoms with E-state index in [1.807, 2.05) is 0 Å². The third-order valence-electron chi connectivity index (χ3n) is 4.44. The fourth-order valence-corrected chi connectivity index (χ4v) is 3.52. The standard InChI is InChI=1S/C15H32N2O/c1-5-7-13-8-9-14(16)15(10-13)17(6-2)12(3)11-18-4/h12-15H,5-11,16H2,1-4H3. The van der Waals surface area contributed by atoms with E-state index in [1.165, 1.54) is 32.1 Å². The Bertz CT molecular complexity index is 223. The van der Waals surface area contributed by atoms with Crippen molar-refractivity contribution in [2.24, 2.45) is 11.7 Å². The van der Waals surface area contributed by atoms with Gasteiger partial charge in [0.05, 0.1) is 6.61 Å². The van der Waals surface area contributed by atoms with Crippen LogP contribution >= 0.6 is 0 Å². The first kappa shape index (κ1) is 15.9. The Labute approximate surface area is 113 Å². The molecule has 4 unspecified atom stereocenters. The summed E-state index contributed by atoms with van der Waals surface area (Å²) < 4.78 is 5.30. The summed E-state index contributed by atoms with van der Waals surface area (Å²) in [6, 6.07) is 1.36. The summed E-state index contributed by atoms with van der Waals surface area (Å²) in [6.45, 7) is 8.65. The maximum absolute atomic E-state index is 6.37. The zero-order valence-electron chi connectivity index (χ0n) is 12.7. The van der Waals surface area contributed by atoms with Crippen LogP contribution in [-0.4, -0.2) is 43.3 Å². The Balaban J connectivity index is 2.63. The van der Waals surface area contributed by atoms with Crippen molar-refractivity contribution in [3.05, 3.63) is 0 Å². The average Bonchev–Trinajstić information content (AvgIpc) is 2.34. The molecule has 0 heterocycles. The predicted octanol–water partition coefficient (Wildman–Crippen LogP) is 2.64. The van der Waals surface area contributed by atoms with Crippen molar-refractivity contribution in [3.63, 3.8) is 0 Å². The molecule has 0 aromatic carbocycles. The average molecular weight is 256 g/mol. The quantitative estimate of drug-likeness (QED) is 0.761. The van der Waals surface area contributed by atoms with Gasteiger partial charge in [0.2, 0.25) is 0 Å². The molecular formula is C15H32N2O. The predicted molar refractivity (Wildman–Crippen MR) is 77.7 cm³/mol. The van der Waals surface area contributed by atoms with E-state index >= 15 is 0 Å². The highest BCUT2D eigenvalue weighted by Crippen LogP contribution is 2.31. The van der Waals surface area contributed by atoms with Crippen molar-refractivity contribution < 1.29 is 4.74 Å². The molecular weight excluding hydrogens is 224 g/mol. The highest BCUT2D eigenvalue weighted by molar-refractivity contribution is 4.90. The van der Waals surface area contributed by atoms with E-state index in [4.69, 9.17) is 10.5 Å². The Morgan fingerprint density at radius 2 is 2.06 bits per heavy atom. The van der Waals surface area contributed by atoms with Crippen LogP contribution in [0.1, 0.15) is 52.9 Å². The number of hydrogen-bond acceptors (Lipinski definition) is 3. The van der Waals surface area contributed by atoms with E-state index in [9.17, 15) is 0 Å². The molecule has 1 aliphatic carbocycles. The first-order valence-electron chi connectivity index (χ1n) is 7.64. The van der Waals surface area contributed by atoms with Gasteiger partial charge < -0.3 is 10.5 Å². The van der Waals surface area contributed by atoms with Crippen molar-refractivity contribution in [1.82, 2.24) is 4.90 Å². The van der Waals surface area contributed by atoms with Crippen molar-refractivity contribution in [3.8, 4) is 0 Å². The van der Waals surface area contributed by atoms with Crippen LogP contribution in [0.4, 0.5) is 0 Å². The summed E-state index contributed by atoms with van der Waals surface area (Å²) in [4.78, 5) is 2.55. The molecule has 0 saturated heterocycles. The Morgan fingerprint density at radius 3 is 2.61 bits per heavy atom. The van der Waals surface area contributed by atoms with Gasteiger partial charge in [-0.1, -0.05) is 26.7 Å². The molecule has 0 aliphatic heterocycles. The molecule has 1 saturated carbocycles. The lowest BCUT2D eigenvalue weighted by molar-refractivity contribution is 0.0393. The number of nitrogens with zero attached hydrogens (tertiary/aromatic N) is 1. The van der Waals surface area contributed by atoms with Gasteiger partial charge in [-0.05, 0) is 38.6 Å². The van der Waals surface area contributed by atoms with Gasteiger partial charge in [0.15, 0.2) is 0 Å². The monoisotopic (exact) mass is 256 g/mol. The fourth-order valence-electron chi connectivity index (χ4n) is 3.52. The largest absolute Gasteiger partial charge is 0.383 e. The van der Waals surface area contributed by atoms with Gasteiger partial charge >= 0.3 is 0 Å². The smallest absolute Gasteiger partial charge is 0.0615 e. The maximum Gasteiger partial charge on any atom is 0.0615 e. The van der Waals surface area contributed by atoms with Crippen LogP contribution in [0, 0.1) is 5.92 Å². The van der Waals surface area contributed by atoms with E-state index in [2.05, 4.69) is 25.7 Å². The molecule has 0 aromatic heterocycles. The molecule has 0 amide bonds. The van der Waals surface area contributed by atoms with Crippen LogP contribution < -0.4 is 5.73 Å². The van der Waals surface area contributed by atoms with Gasteiger partial charge in [0, 0.05) is 25.2 Å². The van der Waals surface area contributed by atoms with Crippen LogP contribution in [0.5, 0.6) is 0 Å². The maximum atomic E-state index is 6.37. The minimum absolute atomic E-state index is 0.345. The molecule has 0 aromatic rings. The molecule has 0 bridgehead atoms. The molecule has 4 atom stereocenters. The third kappa shape index (κ3) is 4.22. The second-order valence-electron chi connectivity index (χ2n) is 5.83. The van der Waals surface area contributed by atoms with E-state index in [-0.39, 0.29) is 0 Å². The van der Waals surface area contributed by atoms with Crippen molar-refractivity contribution in [1.29, 1.82) is 0 Å². The molecule has 108 valence electrons. The molecule has 3 nitrogen and oxygen atoms in total. The summed E-state index contributed by atoms with van der Waals surface area (Å²) >= 11 is 0. The van der Waals surface area contributed by atoms with Crippen molar-refractivity contribution in [2.75, 3.05) is 20.3 Å². The molecule has 1 aliphatic rings. The van der Waals surface area contributed by atoms with Crippen LogP contribution in [0.25, 0.3) is 0 Å². The summed E-state index contributed by atoms with van der Waals surface area (Å²) in [5, 5.41) is 0. The molecule has 1 rings (SSSR count). The Kier molecular flexibility index (Phi) is 7.20. The summed E-state index contributed by atoms with van der Waals surface area (Å²) in [7, 11) is 1.78. The second-order valence-corrected chi connectivity index (χ2v) is 5.83. The van der Waals surface area contributed by atoms with Gasteiger partial charge in [-0.3, -0.25) is 4.90 Å². The number of nitrogens with two attached hydrogens (primary N) is 1. The van der Waals surface area contributed by atoms with Gasteiger partial charge in [-0.15, -0.1) is 0 Å². The molecule has 0 spiro atoms. The van der Waals surface area contributed by atoms with Gasteiger partial charge in [0.1, 0.15) is 0 Å². The first-order chi connectivity index (χ1) is 8.63. The van der Waals surface area contributed by atoms with Crippen molar-refractivity contribution >= 4 is 0 Å². The van der Waals surface area contributed by atoms with Crippen LogP contribution in [0.3, 0.4) is 0 Å². The van der Waals surface area contributed by atoms with Crippen molar-refractivity contribution in [2.45, 2.75) is 71.0 Å². The summed E-state index contributed by atoms with van der Waals surface area (Å²) in [6.07, 6.45) is 6.44. The molecule has 2 N–H and O–H groups in total. The topological polar surface area (TPSA) is 38.5 Å². The zero-order chi connectivity index (χ0) is 13.5. The second kappa shape index (κ2) is 8.13. The highest BCUT2D eigenvalue weighted by atomic mass is 16.5. The van der Waals surface area contributed by atoms with Crippen LogP contribution in [-0.2, 0) is 4.74 Å². The number of rotatable bonds is 7. The van der Waals surface area contributed by atoms with E-state index < -0.39 is 0 Å². The van der Waals surface area contributed by atoms with Gasteiger partial charge in [0.25, 0.3) is 0 Å². The Hall–Kier alpha value is -0.120. The first-order valence-corrected chi connectivity index (χ1v) is 7.64. The minimum Gasteiger partial charge on any atom is -0.383 e. The van der Waals surface area contributed by atoms with Gasteiger partial charge in [-0.25, -0.2) is 0 Å². The van der Waals surface area contributed by atoms with Gasteiger partial charge in [-0.2, -0.15) is 0 Å². The molecule has 3 heteroatoms. The lowest BCUT2D eigenvalue weighted by atomic mass is 9.79. The summed E-state index contributed by atoms with van der Waals surface area (Å²) in [5.41, 5.74) is 6.37. The Morgan fingerprint density at radius 1 is 1.33 bits per heavy atom. The molecule has 0 radical (unpaired) electrons. The highest BCUT2D eigenvalue weighted by Gasteiger charge is 2.33. The lowest BCUT2D eigenvalue weighted by Gasteiger charge is -2.43. The summed E-state index contributed by atoms with van der Waals surface area (Å²) in [5.74, 6) is 0.878. The zero-order valence-corrected chi connectivity index (χ0v) is 12.7. The lowest BCUT2D eigenvalue weighted by Crippen LogP contribution is -2.55. The number of methoxy groups -OCH3 is 1. The van der Waals surface area contributed by atoms with E-state index in [0.29, 0.717) is 18.1 Å². The number of likely N-dealkylation sites (N-methyl/N-ethyl adjacent to an activating group) is 1. The third-order valence-corrected chi connectivity index (χ3v) is 4.44. The number of hydrogen-bond donors (Lipinski definition) is 1. The number of ether oxygens (including phenoxy) is 1. The SMILES string of the molecule is CCCC1CCC(N)C(N(CC)C(C)COC)C1. The molecule has 18 heavy (non-hydrogen) atoms. The normalized spacial score (nSPS) is 30.7. The van der Waals surface area contributed by atoms with E-state index in [0.717, 1.165) is 19.1 Å². The minimum atomic E-state index is 0.345. The van der Waals surface area contributed by atoms with Crippen LogP contribution in [0.2, 0.25) is 0 Å². The van der Waals surface area contributed by atoms with Crippen LogP contribution in [0.15, 0.2) is 0 Å². The fraction of sp³-hybridized carbons (Fsp3) is 1.00. The van der Waals surface area contributed by atoms with E-state index in [1.54, 1.807) is 7.11 Å². The molecule has 1 fully saturated rings.